The molecule has 0 aliphatic carbocycles. The van der Waals surface area contributed by atoms with E-state index < -0.39 is 0 Å². The van der Waals surface area contributed by atoms with Crippen LogP contribution in [-0.4, -0.2) is 53.3 Å². The Morgan fingerprint density at radius 3 is 2.52 bits per heavy atom. The lowest BCUT2D eigenvalue weighted by Gasteiger charge is -2.32. The van der Waals surface area contributed by atoms with Gasteiger partial charge in [-0.15, -0.1) is 21.5 Å². The topological polar surface area (TPSA) is 74.2 Å². The summed E-state index contributed by atoms with van der Waals surface area (Å²) in [6.07, 6.45) is 6.07. The highest BCUT2D eigenvalue weighted by Gasteiger charge is 2.23. The van der Waals surface area contributed by atoms with E-state index in [9.17, 15) is 4.79 Å². The first-order valence-corrected chi connectivity index (χ1v) is 9.71. The van der Waals surface area contributed by atoms with E-state index in [1.807, 2.05) is 17.6 Å². The summed E-state index contributed by atoms with van der Waals surface area (Å²) < 4.78 is 0. The molecule has 0 aromatic carbocycles. The maximum Gasteiger partial charge on any atom is 0.272 e. The van der Waals surface area contributed by atoms with Crippen LogP contribution in [0, 0.1) is 0 Å². The molecule has 2 aromatic heterocycles. The van der Waals surface area contributed by atoms with Crippen molar-refractivity contribution in [2.75, 3.05) is 36.0 Å². The van der Waals surface area contributed by atoms with Gasteiger partial charge in [-0.2, -0.15) is 0 Å². The molecular weight excluding hydrogens is 336 g/mol. The molecule has 0 saturated carbocycles. The molecule has 2 aliphatic heterocycles. The van der Waals surface area contributed by atoms with Gasteiger partial charge in [0.15, 0.2) is 16.6 Å². The molecule has 0 atom stereocenters. The van der Waals surface area contributed by atoms with Crippen molar-refractivity contribution in [2.24, 2.45) is 0 Å². The Bertz CT molecular complexity index is 690. The van der Waals surface area contributed by atoms with Crippen LogP contribution in [0.4, 0.5) is 10.9 Å². The summed E-state index contributed by atoms with van der Waals surface area (Å²) in [5, 5.41) is 14.5. The molecule has 0 unspecified atom stereocenters. The normalized spacial score (nSPS) is 18.6. The summed E-state index contributed by atoms with van der Waals surface area (Å²) in [7, 11) is 0. The highest BCUT2D eigenvalue weighted by atomic mass is 32.1. The fraction of sp³-hybridized carbons (Fsp3) is 0.529. The van der Waals surface area contributed by atoms with E-state index in [0.29, 0.717) is 5.69 Å². The molecule has 1 amide bonds. The average molecular weight is 358 g/mol. The first-order valence-electron chi connectivity index (χ1n) is 8.83. The van der Waals surface area contributed by atoms with Crippen LogP contribution in [0.5, 0.6) is 0 Å². The molecular formula is C17H22N6OS. The monoisotopic (exact) mass is 358 g/mol. The largest absolute Gasteiger partial charge is 0.355 e. The zero-order valence-corrected chi connectivity index (χ0v) is 14.9. The van der Waals surface area contributed by atoms with Crippen molar-refractivity contribution in [3.8, 4) is 0 Å². The minimum Gasteiger partial charge on any atom is -0.355 e. The minimum absolute atomic E-state index is 0.131. The smallest absolute Gasteiger partial charge is 0.272 e. The van der Waals surface area contributed by atoms with Crippen molar-refractivity contribution in [1.82, 2.24) is 20.5 Å². The summed E-state index contributed by atoms with van der Waals surface area (Å²) >= 11 is 1.66. The zero-order chi connectivity index (χ0) is 17.1. The second-order valence-corrected chi connectivity index (χ2v) is 7.39. The van der Waals surface area contributed by atoms with Gasteiger partial charge in [0, 0.05) is 43.8 Å². The zero-order valence-electron chi connectivity index (χ0n) is 14.1. The maximum atomic E-state index is 12.4. The first-order chi connectivity index (χ1) is 12.3. The molecule has 0 bridgehead atoms. The van der Waals surface area contributed by atoms with Gasteiger partial charge in [0.25, 0.3) is 5.91 Å². The number of rotatable bonds is 4. The number of hydrogen-bond acceptors (Lipinski definition) is 7. The SMILES string of the molecule is O=C(NC1CCN(c2nccs2)CC1)c1ccc(N2CCCC2)nn1. The number of amides is 1. The number of aromatic nitrogens is 3. The molecule has 4 rings (SSSR count). The highest BCUT2D eigenvalue weighted by Crippen LogP contribution is 2.22. The molecule has 4 heterocycles. The standard InChI is InChI=1S/C17H22N6OS/c24-16(14-3-4-15(21-20-14)22-8-1-2-9-22)19-13-5-10-23(11-6-13)17-18-7-12-25-17/h3-4,7,12-13H,1-2,5-6,8-11H2,(H,19,24). The lowest BCUT2D eigenvalue weighted by molar-refractivity contribution is 0.0925. The fourth-order valence-corrected chi connectivity index (χ4v) is 4.10. The van der Waals surface area contributed by atoms with E-state index in [2.05, 4.69) is 30.3 Å². The van der Waals surface area contributed by atoms with Crippen molar-refractivity contribution in [3.05, 3.63) is 29.4 Å². The Hall–Kier alpha value is -2.22. The van der Waals surface area contributed by atoms with Gasteiger partial charge in [-0.1, -0.05) is 0 Å². The lowest BCUT2D eigenvalue weighted by atomic mass is 10.1. The fourth-order valence-electron chi connectivity index (χ4n) is 3.41. The molecule has 25 heavy (non-hydrogen) atoms. The number of nitrogens with one attached hydrogen (secondary N) is 1. The Balaban J connectivity index is 1.30. The number of hydrogen-bond donors (Lipinski definition) is 1. The summed E-state index contributed by atoms with van der Waals surface area (Å²) in [5.41, 5.74) is 0.394. The van der Waals surface area contributed by atoms with Crippen LogP contribution >= 0.6 is 11.3 Å². The van der Waals surface area contributed by atoms with Gasteiger partial charge >= 0.3 is 0 Å². The van der Waals surface area contributed by atoms with Crippen LogP contribution in [0.15, 0.2) is 23.7 Å². The van der Waals surface area contributed by atoms with Crippen LogP contribution < -0.4 is 15.1 Å². The third kappa shape index (κ3) is 3.73. The molecule has 0 radical (unpaired) electrons. The number of anilines is 2. The Kier molecular flexibility index (Phi) is 4.78. The molecule has 0 spiro atoms. The third-order valence-corrected chi connectivity index (χ3v) is 5.67. The molecule has 2 saturated heterocycles. The number of carbonyl (C=O) groups is 1. The lowest BCUT2D eigenvalue weighted by Crippen LogP contribution is -2.45. The van der Waals surface area contributed by atoms with Gasteiger partial charge in [-0.25, -0.2) is 4.98 Å². The van der Waals surface area contributed by atoms with E-state index in [1.165, 1.54) is 12.8 Å². The van der Waals surface area contributed by atoms with Crippen molar-refractivity contribution < 1.29 is 4.79 Å². The Labute approximate surface area is 151 Å². The highest BCUT2D eigenvalue weighted by molar-refractivity contribution is 7.13. The van der Waals surface area contributed by atoms with E-state index in [1.54, 1.807) is 17.4 Å². The van der Waals surface area contributed by atoms with E-state index in [4.69, 9.17) is 0 Å². The van der Waals surface area contributed by atoms with E-state index >= 15 is 0 Å². The molecule has 7 nitrogen and oxygen atoms in total. The Morgan fingerprint density at radius 1 is 1.08 bits per heavy atom. The maximum absolute atomic E-state index is 12.4. The van der Waals surface area contributed by atoms with Gasteiger partial charge in [0.05, 0.1) is 0 Å². The third-order valence-electron chi connectivity index (χ3n) is 4.83. The van der Waals surface area contributed by atoms with Crippen molar-refractivity contribution >= 4 is 28.2 Å². The number of nitrogens with zero attached hydrogens (tertiary/aromatic N) is 5. The van der Waals surface area contributed by atoms with Gasteiger partial charge in [-0.3, -0.25) is 4.79 Å². The quantitative estimate of drug-likeness (QED) is 0.900. The number of thiazole rings is 1. The average Bonchev–Trinajstić information content (AvgIpc) is 3.36. The summed E-state index contributed by atoms with van der Waals surface area (Å²) in [4.78, 5) is 21.2. The van der Waals surface area contributed by atoms with Crippen LogP contribution in [0.1, 0.15) is 36.2 Å². The molecule has 1 N–H and O–H groups in total. The van der Waals surface area contributed by atoms with Crippen LogP contribution in [-0.2, 0) is 0 Å². The van der Waals surface area contributed by atoms with Gasteiger partial charge < -0.3 is 15.1 Å². The summed E-state index contributed by atoms with van der Waals surface area (Å²) in [5.74, 6) is 0.735. The van der Waals surface area contributed by atoms with Gasteiger partial charge in [0.2, 0.25) is 0 Å². The molecule has 2 aliphatic rings. The molecule has 132 valence electrons. The van der Waals surface area contributed by atoms with Crippen LogP contribution in [0.3, 0.4) is 0 Å². The van der Waals surface area contributed by atoms with Crippen molar-refractivity contribution in [1.29, 1.82) is 0 Å². The second-order valence-electron chi connectivity index (χ2n) is 6.52. The predicted octanol–water partition coefficient (Wildman–Crippen LogP) is 1.93. The number of carbonyl (C=O) groups excluding carboxylic acids is 1. The van der Waals surface area contributed by atoms with Gasteiger partial charge in [0.1, 0.15) is 0 Å². The van der Waals surface area contributed by atoms with Crippen LogP contribution in [0.25, 0.3) is 0 Å². The summed E-state index contributed by atoms with van der Waals surface area (Å²) in [6, 6.07) is 3.86. The van der Waals surface area contributed by atoms with Crippen molar-refractivity contribution in [2.45, 2.75) is 31.7 Å². The Morgan fingerprint density at radius 2 is 1.88 bits per heavy atom. The van der Waals surface area contributed by atoms with E-state index in [-0.39, 0.29) is 11.9 Å². The van der Waals surface area contributed by atoms with Gasteiger partial charge in [-0.05, 0) is 37.8 Å². The van der Waals surface area contributed by atoms with Crippen LogP contribution in [0.2, 0.25) is 0 Å². The molecule has 8 heteroatoms. The minimum atomic E-state index is -0.131. The molecule has 2 fully saturated rings. The predicted molar refractivity (Wildman–Crippen MR) is 98.3 cm³/mol. The second kappa shape index (κ2) is 7.35. The molecule has 2 aromatic rings. The first kappa shape index (κ1) is 16.3. The van der Waals surface area contributed by atoms with E-state index in [0.717, 1.165) is 50.0 Å². The number of piperidine rings is 1. The van der Waals surface area contributed by atoms with Crippen molar-refractivity contribution in [3.63, 3.8) is 0 Å². The summed E-state index contributed by atoms with van der Waals surface area (Å²) in [6.45, 7) is 3.88.